The molecule has 2 unspecified atom stereocenters. The van der Waals surface area contributed by atoms with Crippen LogP contribution in [0.5, 0.6) is 0 Å². The molecule has 0 aromatic heterocycles. The molecule has 0 bridgehead atoms. The van der Waals surface area contributed by atoms with Crippen molar-refractivity contribution in [3.8, 4) is 0 Å². The molecular weight excluding hydrogens is 360 g/mol. The summed E-state index contributed by atoms with van der Waals surface area (Å²) in [5.41, 5.74) is 0. The van der Waals surface area contributed by atoms with Gasteiger partial charge in [-0.05, 0) is 51.9 Å². The van der Waals surface area contributed by atoms with Crippen molar-refractivity contribution in [2.45, 2.75) is 19.8 Å². The van der Waals surface area contributed by atoms with Gasteiger partial charge in [0.05, 0.1) is 0 Å². The molecule has 0 N–H and O–H groups in total. The van der Waals surface area contributed by atoms with Crippen molar-refractivity contribution in [1.82, 2.24) is 8.40 Å². The van der Waals surface area contributed by atoms with Crippen molar-refractivity contribution in [2.75, 3.05) is 6.54 Å². The second kappa shape index (κ2) is 6.58. The van der Waals surface area contributed by atoms with Crippen LogP contribution in [-0.2, 0) is 0 Å². The van der Waals surface area contributed by atoms with Crippen molar-refractivity contribution in [3.63, 3.8) is 0 Å². The Morgan fingerprint density at radius 3 is 2.47 bits per heavy atom. The Kier molecular flexibility index (Phi) is 6.80. The standard InChI is InChI=1S/C4H9Cl5N3P3/c1-2-3-4-11-14(7)12(5)13(6)10-15(11,8)9/h2-4H2,1H3. The van der Waals surface area contributed by atoms with Gasteiger partial charge in [0.2, 0.25) is 13.5 Å². The summed E-state index contributed by atoms with van der Waals surface area (Å²) in [7, 11) is -2.65. The highest BCUT2D eigenvalue weighted by atomic mass is 35.9. The van der Waals surface area contributed by atoms with E-state index in [2.05, 4.69) is 11.4 Å². The summed E-state index contributed by atoms with van der Waals surface area (Å²) in [4.78, 5) is 0. The zero-order chi connectivity index (χ0) is 11.6. The van der Waals surface area contributed by atoms with Gasteiger partial charge in [-0.25, -0.2) is 4.52 Å². The van der Waals surface area contributed by atoms with Gasteiger partial charge in [-0.2, -0.15) is 4.44 Å². The van der Waals surface area contributed by atoms with Crippen molar-refractivity contribution in [3.05, 3.63) is 0 Å². The highest BCUT2D eigenvalue weighted by molar-refractivity contribution is 8.17. The van der Waals surface area contributed by atoms with Gasteiger partial charge in [-0.1, -0.05) is 24.6 Å². The van der Waals surface area contributed by atoms with E-state index in [1.54, 1.807) is 4.44 Å². The van der Waals surface area contributed by atoms with Crippen LogP contribution in [0.1, 0.15) is 19.8 Å². The summed E-state index contributed by atoms with van der Waals surface area (Å²) >= 11 is 30.3. The molecule has 1 aliphatic heterocycles. The Labute approximate surface area is 116 Å². The minimum atomic E-state index is -2.56. The maximum atomic E-state index is 6.16. The van der Waals surface area contributed by atoms with E-state index in [1.165, 1.54) is 3.96 Å². The lowest BCUT2D eigenvalue weighted by atomic mass is 10.3. The molecule has 0 radical (unpaired) electrons. The molecule has 0 aliphatic carbocycles. The van der Waals surface area contributed by atoms with E-state index in [-0.39, 0.29) is 0 Å². The Bertz CT molecular complexity index is 272. The van der Waals surface area contributed by atoms with Gasteiger partial charge in [0.25, 0.3) is 0 Å². The summed E-state index contributed by atoms with van der Waals surface area (Å²) in [5.74, 6) is -2.56. The normalized spacial score (nSPS) is 32.7. The Hall–Kier alpha value is 2.46. The summed E-state index contributed by atoms with van der Waals surface area (Å²) in [6.45, 7) is 2.77. The average molecular weight is 369 g/mol. The van der Waals surface area contributed by atoms with Gasteiger partial charge >= 0.3 is 0 Å². The van der Waals surface area contributed by atoms with Gasteiger partial charge in [0.15, 0.2) is 7.58 Å². The molecule has 90 valence electrons. The van der Waals surface area contributed by atoms with Crippen LogP contribution in [0.4, 0.5) is 0 Å². The maximum Gasteiger partial charge on any atom is 0.216 e. The highest BCUT2D eigenvalue weighted by Gasteiger charge is 2.41. The third kappa shape index (κ3) is 3.97. The lowest BCUT2D eigenvalue weighted by Gasteiger charge is -2.38. The molecule has 1 aliphatic rings. The monoisotopic (exact) mass is 367 g/mol. The SMILES string of the molecule is CCCCN1P(Cl)N(Cl)P(Cl)N=P1(Cl)Cl. The quantitative estimate of drug-likeness (QED) is 0.397. The summed E-state index contributed by atoms with van der Waals surface area (Å²) in [6, 6.07) is 0. The van der Waals surface area contributed by atoms with Crippen molar-refractivity contribution >= 4 is 77.8 Å². The lowest BCUT2D eigenvalue weighted by molar-refractivity contribution is 0.635. The van der Waals surface area contributed by atoms with E-state index in [1.807, 2.05) is 0 Å². The van der Waals surface area contributed by atoms with E-state index < -0.39 is 21.1 Å². The number of nitrogens with zero attached hydrogens (tertiary/aromatic N) is 3. The van der Waals surface area contributed by atoms with Crippen LogP contribution in [0, 0.1) is 0 Å². The molecule has 0 saturated carbocycles. The fraction of sp³-hybridized carbons (Fsp3) is 1.00. The van der Waals surface area contributed by atoms with E-state index in [0.717, 1.165) is 12.8 Å². The first-order valence-corrected chi connectivity index (χ1v) is 12.2. The molecule has 2 atom stereocenters. The molecule has 0 fully saturated rings. The zero-order valence-corrected chi connectivity index (χ0v) is 14.2. The molecule has 0 aromatic rings. The Balaban J connectivity index is 2.87. The summed E-state index contributed by atoms with van der Waals surface area (Å²) < 4.78 is 7.20. The van der Waals surface area contributed by atoms with Gasteiger partial charge in [0.1, 0.15) is 0 Å². The second-order valence-electron chi connectivity index (χ2n) is 2.72. The summed E-state index contributed by atoms with van der Waals surface area (Å²) in [6.07, 6.45) is 1.98. The predicted octanol–water partition coefficient (Wildman–Crippen LogP) is 6.91. The van der Waals surface area contributed by atoms with Crippen LogP contribution >= 0.6 is 77.8 Å². The lowest BCUT2D eigenvalue weighted by Crippen LogP contribution is -2.17. The third-order valence-electron chi connectivity index (χ3n) is 1.63. The Morgan fingerprint density at radius 2 is 1.93 bits per heavy atom. The van der Waals surface area contributed by atoms with Crippen LogP contribution in [0.2, 0.25) is 0 Å². The number of halogens is 5. The number of unbranched alkanes of at least 4 members (excludes halogenated alkanes) is 1. The molecule has 11 heteroatoms. The zero-order valence-electron chi connectivity index (χ0n) is 7.69. The maximum absolute atomic E-state index is 6.16. The second-order valence-corrected chi connectivity index (χ2v) is 13.7. The molecule has 0 amide bonds. The number of rotatable bonds is 3. The number of hydrogen-bond acceptors (Lipinski definition) is 3. The van der Waals surface area contributed by atoms with Gasteiger partial charge in [0, 0.05) is 6.54 Å². The largest absolute Gasteiger partial charge is 0.216 e. The first kappa shape index (κ1) is 15.5. The van der Waals surface area contributed by atoms with Crippen molar-refractivity contribution in [2.24, 2.45) is 4.52 Å². The average Bonchev–Trinajstić information content (AvgIpc) is 2.14. The molecule has 15 heavy (non-hydrogen) atoms. The minimum Gasteiger partial charge on any atom is -0.202 e. The van der Waals surface area contributed by atoms with E-state index in [9.17, 15) is 0 Å². The smallest absolute Gasteiger partial charge is 0.202 e. The molecule has 1 rings (SSSR count). The van der Waals surface area contributed by atoms with Crippen LogP contribution in [0.25, 0.3) is 0 Å². The van der Waals surface area contributed by atoms with E-state index in [0.29, 0.717) is 6.54 Å². The van der Waals surface area contributed by atoms with E-state index >= 15 is 0 Å². The molecule has 0 aromatic carbocycles. The first-order chi connectivity index (χ1) is 6.90. The van der Waals surface area contributed by atoms with Gasteiger partial charge in [-0.15, -0.1) is 3.96 Å². The van der Waals surface area contributed by atoms with Gasteiger partial charge < -0.3 is 0 Å². The van der Waals surface area contributed by atoms with Crippen molar-refractivity contribution in [1.29, 1.82) is 0 Å². The first-order valence-electron chi connectivity index (χ1n) is 4.07. The predicted molar refractivity (Wildman–Crippen MR) is 75.9 cm³/mol. The molecular formula is C4H9Cl5N3P3. The Morgan fingerprint density at radius 1 is 1.33 bits per heavy atom. The molecule has 0 spiro atoms. The topological polar surface area (TPSA) is 18.8 Å². The molecule has 1 heterocycles. The van der Waals surface area contributed by atoms with E-state index in [4.69, 9.17) is 56.7 Å². The molecule has 3 nitrogen and oxygen atoms in total. The fourth-order valence-electron chi connectivity index (χ4n) is 0.905. The highest BCUT2D eigenvalue weighted by Crippen LogP contribution is 2.85. The van der Waals surface area contributed by atoms with Crippen LogP contribution in [-0.4, -0.2) is 14.9 Å². The van der Waals surface area contributed by atoms with Crippen LogP contribution in [0.3, 0.4) is 0 Å². The van der Waals surface area contributed by atoms with Crippen LogP contribution in [0.15, 0.2) is 4.52 Å². The fourth-order valence-corrected chi connectivity index (χ4v) is 13.8. The van der Waals surface area contributed by atoms with Crippen molar-refractivity contribution < 1.29 is 0 Å². The minimum absolute atomic E-state index is 0.694. The van der Waals surface area contributed by atoms with Crippen LogP contribution < -0.4 is 0 Å². The van der Waals surface area contributed by atoms with Gasteiger partial charge in [-0.3, -0.25) is 0 Å². The summed E-state index contributed by atoms with van der Waals surface area (Å²) in [5, 5.41) is 0. The number of hydrogen-bond donors (Lipinski definition) is 0. The molecule has 0 saturated heterocycles. The third-order valence-corrected chi connectivity index (χ3v) is 14.5.